The molecule has 0 aliphatic heterocycles. The van der Waals surface area contributed by atoms with Crippen LogP contribution in [0.15, 0.2) is 30.5 Å². The van der Waals surface area contributed by atoms with Crippen molar-refractivity contribution in [3.8, 4) is 6.07 Å². The summed E-state index contributed by atoms with van der Waals surface area (Å²) in [6.45, 7) is 5.57. The molecule has 4 nitrogen and oxygen atoms in total. The van der Waals surface area contributed by atoms with Crippen LogP contribution in [0.1, 0.15) is 13.8 Å². The number of benzene rings is 1. The van der Waals surface area contributed by atoms with Gasteiger partial charge in [0.05, 0.1) is 23.2 Å². The maximum absolute atomic E-state index is 8.97. The van der Waals surface area contributed by atoms with E-state index in [0.29, 0.717) is 12.2 Å². The van der Waals surface area contributed by atoms with Crippen molar-refractivity contribution in [2.75, 3.05) is 23.7 Å². The lowest BCUT2D eigenvalue weighted by Gasteiger charge is -2.25. The predicted octanol–water partition coefficient (Wildman–Crippen LogP) is 2.80. The molecular weight excluding hydrogens is 236 g/mol. The number of hydrogen-bond donors (Lipinski definition) is 1. The maximum atomic E-state index is 8.97. The second-order valence-corrected chi connectivity index (χ2v) is 4.64. The molecule has 0 fully saturated rings. The highest BCUT2D eigenvalue weighted by Crippen LogP contribution is 2.28. The molecule has 1 unspecified atom stereocenters. The van der Waals surface area contributed by atoms with Gasteiger partial charge in [-0.15, -0.1) is 0 Å². The van der Waals surface area contributed by atoms with Gasteiger partial charge in [0.15, 0.2) is 0 Å². The van der Waals surface area contributed by atoms with Crippen LogP contribution in [0.4, 0.5) is 11.4 Å². The minimum Gasteiger partial charge on any atom is -0.397 e. The standard InChI is InChI=1S/C15H18N4/c1-3-19(10-11(2)9-16)14-7-8-18-15-12(14)5-4-6-13(15)17/h4-8,11H,3,10,17H2,1-2H3. The van der Waals surface area contributed by atoms with Crippen molar-refractivity contribution >= 4 is 22.3 Å². The first-order chi connectivity index (χ1) is 9.17. The van der Waals surface area contributed by atoms with Crippen molar-refractivity contribution in [2.24, 2.45) is 5.92 Å². The molecule has 0 spiro atoms. The number of rotatable bonds is 4. The van der Waals surface area contributed by atoms with Gasteiger partial charge in [-0.2, -0.15) is 5.26 Å². The number of hydrogen-bond acceptors (Lipinski definition) is 4. The molecule has 0 saturated carbocycles. The number of pyridine rings is 1. The molecule has 0 radical (unpaired) electrons. The molecule has 98 valence electrons. The number of aromatic nitrogens is 1. The van der Waals surface area contributed by atoms with E-state index in [1.807, 2.05) is 31.2 Å². The summed E-state index contributed by atoms with van der Waals surface area (Å²) < 4.78 is 0. The van der Waals surface area contributed by atoms with E-state index in [9.17, 15) is 0 Å². The third kappa shape index (κ3) is 2.60. The molecule has 4 heteroatoms. The molecule has 19 heavy (non-hydrogen) atoms. The van der Waals surface area contributed by atoms with E-state index < -0.39 is 0 Å². The first kappa shape index (κ1) is 13.2. The second-order valence-electron chi connectivity index (χ2n) is 4.64. The number of para-hydroxylation sites is 1. The molecule has 0 bridgehead atoms. The van der Waals surface area contributed by atoms with Gasteiger partial charge in [-0.25, -0.2) is 0 Å². The fraction of sp³-hybridized carbons (Fsp3) is 0.333. The zero-order valence-corrected chi connectivity index (χ0v) is 11.3. The Morgan fingerprint density at radius 3 is 2.89 bits per heavy atom. The van der Waals surface area contributed by atoms with Crippen LogP contribution in [0.3, 0.4) is 0 Å². The molecule has 2 aromatic rings. The van der Waals surface area contributed by atoms with Gasteiger partial charge in [0.2, 0.25) is 0 Å². The van der Waals surface area contributed by atoms with E-state index >= 15 is 0 Å². The average Bonchev–Trinajstić information content (AvgIpc) is 2.44. The van der Waals surface area contributed by atoms with Crippen molar-refractivity contribution in [1.29, 1.82) is 5.26 Å². The molecule has 0 aliphatic rings. The first-order valence-electron chi connectivity index (χ1n) is 6.45. The number of nitrogens with two attached hydrogens (primary N) is 1. The summed E-state index contributed by atoms with van der Waals surface area (Å²) in [7, 11) is 0. The summed E-state index contributed by atoms with van der Waals surface area (Å²) in [5, 5.41) is 10.0. The smallest absolute Gasteiger partial charge is 0.0951 e. The van der Waals surface area contributed by atoms with Gasteiger partial charge >= 0.3 is 0 Å². The Morgan fingerprint density at radius 1 is 1.42 bits per heavy atom. The number of nitriles is 1. The van der Waals surface area contributed by atoms with Crippen LogP contribution in [0.2, 0.25) is 0 Å². The third-order valence-electron chi connectivity index (χ3n) is 3.22. The lowest BCUT2D eigenvalue weighted by Crippen LogP contribution is -2.28. The van der Waals surface area contributed by atoms with Crippen molar-refractivity contribution in [2.45, 2.75) is 13.8 Å². The number of anilines is 2. The monoisotopic (exact) mass is 254 g/mol. The molecule has 0 saturated heterocycles. The van der Waals surface area contributed by atoms with Gasteiger partial charge in [-0.3, -0.25) is 4.98 Å². The zero-order valence-electron chi connectivity index (χ0n) is 11.3. The summed E-state index contributed by atoms with van der Waals surface area (Å²) in [6, 6.07) is 10.1. The lowest BCUT2D eigenvalue weighted by atomic mass is 10.1. The minimum absolute atomic E-state index is 0.00998. The Balaban J connectivity index is 2.49. The van der Waals surface area contributed by atoms with E-state index in [0.717, 1.165) is 23.1 Å². The third-order valence-corrected chi connectivity index (χ3v) is 3.22. The Morgan fingerprint density at radius 2 is 2.21 bits per heavy atom. The summed E-state index contributed by atoms with van der Waals surface area (Å²) in [6.07, 6.45) is 1.77. The average molecular weight is 254 g/mol. The van der Waals surface area contributed by atoms with E-state index in [2.05, 4.69) is 22.9 Å². The van der Waals surface area contributed by atoms with Crippen molar-refractivity contribution < 1.29 is 0 Å². The zero-order chi connectivity index (χ0) is 13.8. The van der Waals surface area contributed by atoms with Gasteiger partial charge in [-0.05, 0) is 26.0 Å². The van der Waals surface area contributed by atoms with Crippen molar-refractivity contribution in [1.82, 2.24) is 4.98 Å². The molecule has 0 aliphatic carbocycles. The van der Waals surface area contributed by atoms with Crippen LogP contribution in [0.25, 0.3) is 10.9 Å². The van der Waals surface area contributed by atoms with E-state index in [4.69, 9.17) is 11.0 Å². The molecule has 1 heterocycles. The first-order valence-corrected chi connectivity index (χ1v) is 6.45. The lowest BCUT2D eigenvalue weighted by molar-refractivity contribution is 0.687. The van der Waals surface area contributed by atoms with E-state index in [1.54, 1.807) is 6.20 Å². The van der Waals surface area contributed by atoms with Crippen LogP contribution < -0.4 is 10.6 Å². The molecule has 2 N–H and O–H groups in total. The highest BCUT2D eigenvalue weighted by molar-refractivity contribution is 5.98. The van der Waals surface area contributed by atoms with Crippen molar-refractivity contribution in [3.63, 3.8) is 0 Å². The van der Waals surface area contributed by atoms with Gasteiger partial charge in [0, 0.05) is 30.4 Å². The van der Waals surface area contributed by atoms with Crippen LogP contribution in [0.5, 0.6) is 0 Å². The van der Waals surface area contributed by atoms with Crippen LogP contribution in [0, 0.1) is 17.2 Å². The summed E-state index contributed by atoms with van der Waals surface area (Å²) in [4.78, 5) is 6.53. The SMILES string of the molecule is CCN(CC(C)C#N)c1ccnc2c(N)cccc12. The van der Waals surface area contributed by atoms with E-state index in [1.165, 1.54) is 0 Å². The topological polar surface area (TPSA) is 65.9 Å². The fourth-order valence-electron chi connectivity index (χ4n) is 2.23. The summed E-state index contributed by atoms with van der Waals surface area (Å²) >= 11 is 0. The van der Waals surface area contributed by atoms with E-state index in [-0.39, 0.29) is 5.92 Å². The van der Waals surface area contributed by atoms with Gasteiger partial charge in [0.25, 0.3) is 0 Å². The maximum Gasteiger partial charge on any atom is 0.0951 e. The van der Waals surface area contributed by atoms with Gasteiger partial charge in [-0.1, -0.05) is 12.1 Å². The van der Waals surface area contributed by atoms with Gasteiger partial charge < -0.3 is 10.6 Å². The van der Waals surface area contributed by atoms with Crippen LogP contribution >= 0.6 is 0 Å². The second kappa shape index (κ2) is 5.57. The predicted molar refractivity (Wildman–Crippen MR) is 78.8 cm³/mol. The van der Waals surface area contributed by atoms with Crippen LogP contribution in [-0.2, 0) is 0 Å². The van der Waals surface area contributed by atoms with Gasteiger partial charge in [0.1, 0.15) is 0 Å². The minimum atomic E-state index is -0.00998. The molecule has 1 aromatic heterocycles. The Hall–Kier alpha value is -2.28. The molecular formula is C15H18N4. The van der Waals surface area contributed by atoms with Crippen molar-refractivity contribution in [3.05, 3.63) is 30.5 Å². The summed E-state index contributed by atoms with van der Waals surface area (Å²) in [5.74, 6) is -0.00998. The fourth-order valence-corrected chi connectivity index (χ4v) is 2.23. The number of nitrogen functional groups attached to an aromatic ring is 1. The normalized spacial score (nSPS) is 12.1. The Labute approximate surface area is 113 Å². The summed E-state index contributed by atoms with van der Waals surface area (Å²) in [5.41, 5.74) is 8.55. The molecule has 0 amide bonds. The highest BCUT2D eigenvalue weighted by atomic mass is 15.1. The molecule has 2 rings (SSSR count). The molecule has 1 atom stereocenters. The quantitative estimate of drug-likeness (QED) is 0.852. The van der Waals surface area contributed by atoms with Crippen LogP contribution in [-0.4, -0.2) is 18.1 Å². The number of nitrogens with zero attached hydrogens (tertiary/aromatic N) is 3. The molecule has 1 aromatic carbocycles. The number of fused-ring (bicyclic) bond motifs is 1. The Kier molecular flexibility index (Phi) is 3.86. The highest BCUT2D eigenvalue weighted by Gasteiger charge is 2.13. The largest absolute Gasteiger partial charge is 0.397 e. The Bertz CT molecular complexity index is 615.